The maximum Gasteiger partial charge on any atom is 0.129 e. The third-order valence-electron chi connectivity index (χ3n) is 3.69. The van der Waals surface area contributed by atoms with Gasteiger partial charge in [-0.05, 0) is 45.1 Å². The van der Waals surface area contributed by atoms with Crippen LogP contribution in [-0.2, 0) is 4.79 Å². The largest absolute Gasteiger partial charge is 0.300 e. The summed E-state index contributed by atoms with van der Waals surface area (Å²) in [5, 5.41) is 0. The number of piperidine rings is 1. The maximum atomic E-state index is 10.9. The van der Waals surface area contributed by atoms with E-state index >= 15 is 0 Å². The topological polar surface area (TPSA) is 20.3 Å². The summed E-state index contributed by atoms with van der Waals surface area (Å²) in [6, 6.07) is 0.688. The van der Waals surface area contributed by atoms with Crippen LogP contribution in [0.25, 0.3) is 0 Å². The van der Waals surface area contributed by atoms with Crippen molar-refractivity contribution in [2.75, 3.05) is 13.1 Å². The second-order valence-electron chi connectivity index (χ2n) is 5.36. The molecule has 2 heteroatoms. The van der Waals surface area contributed by atoms with Crippen molar-refractivity contribution in [3.05, 3.63) is 0 Å². The minimum absolute atomic E-state index is 0.320. The fourth-order valence-corrected chi connectivity index (χ4v) is 2.66. The Morgan fingerprint density at radius 1 is 1.33 bits per heavy atom. The molecule has 0 aromatic carbocycles. The maximum absolute atomic E-state index is 10.9. The molecule has 0 N–H and O–H groups in total. The van der Waals surface area contributed by atoms with Crippen LogP contribution in [0.2, 0.25) is 0 Å². The molecule has 0 radical (unpaired) electrons. The molecule has 0 amide bonds. The molecule has 0 aromatic heterocycles. The lowest BCUT2D eigenvalue weighted by Gasteiger charge is -2.41. The molecule has 3 unspecified atom stereocenters. The van der Waals surface area contributed by atoms with E-state index in [1.807, 2.05) is 0 Å². The molecule has 2 nitrogen and oxygen atoms in total. The first-order valence-electron chi connectivity index (χ1n) is 6.24. The number of carbonyl (C=O) groups excluding carboxylic acids is 1. The zero-order valence-electron chi connectivity index (χ0n) is 10.6. The van der Waals surface area contributed by atoms with Gasteiger partial charge < -0.3 is 9.69 Å². The van der Waals surface area contributed by atoms with Crippen molar-refractivity contribution in [1.29, 1.82) is 0 Å². The molecule has 15 heavy (non-hydrogen) atoms. The quantitative estimate of drug-likeness (QED) is 0.712. The lowest BCUT2D eigenvalue weighted by atomic mass is 9.86. The molecule has 0 saturated carbocycles. The fourth-order valence-electron chi connectivity index (χ4n) is 2.66. The Bertz CT molecular complexity index is 215. The Morgan fingerprint density at radius 2 is 2.00 bits per heavy atom. The Labute approximate surface area is 94.0 Å². The monoisotopic (exact) mass is 211 g/mol. The van der Waals surface area contributed by atoms with E-state index in [9.17, 15) is 4.79 Å². The molecule has 0 aromatic rings. The highest BCUT2D eigenvalue weighted by Crippen LogP contribution is 2.26. The van der Waals surface area contributed by atoms with Crippen molar-refractivity contribution >= 4 is 5.78 Å². The first kappa shape index (κ1) is 12.7. The summed E-state index contributed by atoms with van der Waals surface area (Å²) in [5.41, 5.74) is 0. The smallest absolute Gasteiger partial charge is 0.129 e. The lowest BCUT2D eigenvalue weighted by molar-refractivity contribution is -0.117. The summed E-state index contributed by atoms with van der Waals surface area (Å²) in [4.78, 5) is 13.4. The van der Waals surface area contributed by atoms with Gasteiger partial charge in [-0.2, -0.15) is 0 Å². The van der Waals surface area contributed by atoms with E-state index in [1.165, 1.54) is 13.0 Å². The van der Waals surface area contributed by atoms with E-state index in [-0.39, 0.29) is 0 Å². The molecule has 1 saturated heterocycles. The third kappa shape index (κ3) is 3.94. The SMILES string of the molecule is CC(=O)CCCN1CC(C)CC(C)C1C. The molecule has 1 heterocycles. The minimum Gasteiger partial charge on any atom is -0.300 e. The van der Waals surface area contributed by atoms with Crippen molar-refractivity contribution in [3.8, 4) is 0 Å². The van der Waals surface area contributed by atoms with Gasteiger partial charge in [-0.1, -0.05) is 13.8 Å². The van der Waals surface area contributed by atoms with Crippen LogP contribution in [0.1, 0.15) is 47.0 Å². The van der Waals surface area contributed by atoms with Crippen molar-refractivity contribution in [3.63, 3.8) is 0 Å². The van der Waals surface area contributed by atoms with E-state index in [2.05, 4.69) is 25.7 Å². The number of ketones is 1. The van der Waals surface area contributed by atoms with Crippen molar-refractivity contribution in [2.45, 2.75) is 53.0 Å². The number of nitrogens with zero attached hydrogens (tertiary/aromatic N) is 1. The number of Topliss-reactive ketones (excluding diaryl/α,β-unsaturated/α-hetero) is 1. The zero-order chi connectivity index (χ0) is 11.4. The van der Waals surface area contributed by atoms with Gasteiger partial charge in [0, 0.05) is 19.0 Å². The normalized spacial score (nSPS) is 32.9. The molecular formula is C13H25NO. The van der Waals surface area contributed by atoms with Crippen LogP contribution in [0.15, 0.2) is 0 Å². The highest BCUT2D eigenvalue weighted by Gasteiger charge is 2.27. The van der Waals surface area contributed by atoms with Gasteiger partial charge in [-0.25, -0.2) is 0 Å². The molecule has 3 atom stereocenters. The molecule has 1 fully saturated rings. The first-order chi connectivity index (χ1) is 7.00. The van der Waals surface area contributed by atoms with Crippen LogP contribution >= 0.6 is 0 Å². The standard InChI is InChI=1S/C13H25NO/c1-10-8-11(2)13(4)14(9-10)7-5-6-12(3)15/h10-11,13H,5-9H2,1-4H3. The lowest BCUT2D eigenvalue weighted by Crippen LogP contribution is -2.46. The van der Waals surface area contributed by atoms with Crippen molar-refractivity contribution < 1.29 is 4.79 Å². The molecular weight excluding hydrogens is 186 g/mol. The average molecular weight is 211 g/mol. The highest BCUT2D eigenvalue weighted by molar-refractivity contribution is 5.75. The summed E-state index contributed by atoms with van der Waals surface area (Å²) in [6.45, 7) is 11.0. The summed E-state index contributed by atoms with van der Waals surface area (Å²) in [6.07, 6.45) is 3.12. The fraction of sp³-hybridized carbons (Fsp3) is 0.923. The number of hydrogen-bond donors (Lipinski definition) is 0. The van der Waals surface area contributed by atoms with Gasteiger partial charge in [-0.15, -0.1) is 0 Å². The van der Waals surface area contributed by atoms with Crippen molar-refractivity contribution in [1.82, 2.24) is 4.90 Å². The van der Waals surface area contributed by atoms with Crippen molar-refractivity contribution in [2.24, 2.45) is 11.8 Å². The summed E-state index contributed by atoms with van der Waals surface area (Å²) >= 11 is 0. The van der Waals surface area contributed by atoms with E-state index in [4.69, 9.17) is 0 Å². The van der Waals surface area contributed by atoms with Crippen LogP contribution in [-0.4, -0.2) is 29.8 Å². The van der Waals surface area contributed by atoms with Crippen LogP contribution in [0.5, 0.6) is 0 Å². The van der Waals surface area contributed by atoms with Gasteiger partial charge in [0.05, 0.1) is 0 Å². The number of carbonyl (C=O) groups is 1. The van der Waals surface area contributed by atoms with Gasteiger partial charge in [-0.3, -0.25) is 0 Å². The molecule has 1 rings (SSSR count). The average Bonchev–Trinajstić information content (AvgIpc) is 2.12. The molecule has 0 spiro atoms. The van der Waals surface area contributed by atoms with Gasteiger partial charge in [0.15, 0.2) is 0 Å². The van der Waals surface area contributed by atoms with Gasteiger partial charge in [0.1, 0.15) is 5.78 Å². The molecule has 88 valence electrons. The van der Waals surface area contributed by atoms with E-state index < -0.39 is 0 Å². The van der Waals surface area contributed by atoms with Crippen LogP contribution in [0.4, 0.5) is 0 Å². The first-order valence-corrected chi connectivity index (χ1v) is 6.24. The second-order valence-corrected chi connectivity index (χ2v) is 5.36. The highest BCUT2D eigenvalue weighted by atomic mass is 16.1. The Balaban J connectivity index is 2.35. The van der Waals surface area contributed by atoms with E-state index in [1.54, 1.807) is 6.92 Å². The van der Waals surface area contributed by atoms with Gasteiger partial charge >= 0.3 is 0 Å². The van der Waals surface area contributed by atoms with Gasteiger partial charge in [0.2, 0.25) is 0 Å². The second kappa shape index (κ2) is 5.64. The number of likely N-dealkylation sites (tertiary alicyclic amines) is 1. The molecule has 1 aliphatic heterocycles. The predicted molar refractivity (Wildman–Crippen MR) is 63.9 cm³/mol. The summed E-state index contributed by atoms with van der Waals surface area (Å²) in [7, 11) is 0. The Morgan fingerprint density at radius 3 is 2.60 bits per heavy atom. The summed E-state index contributed by atoms with van der Waals surface area (Å²) in [5.74, 6) is 1.93. The van der Waals surface area contributed by atoms with Crippen LogP contribution in [0, 0.1) is 11.8 Å². The zero-order valence-corrected chi connectivity index (χ0v) is 10.6. The number of rotatable bonds is 4. The van der Waals surface area contributed by atoms with E-state index in [0.29, 0.717) is 11.8 Å². The van der Waals surface area contributed by atoms with Crippen LogP contribution < -0.4 is 0 Å². The molecule has 1 aliphatic rings. The Hall–Kier alpha value is -0.370. The summed E-state index contributed by atoms with van der Waals surface area (Å²) < 4.78 is 0. The predicted octanol–water partition coefficient (Wildman–Crippen LogP) is 2.72. The Kier molecular flexibility index (Phi) is 4.78. The van der Waals surface area contributed by atoms with E-state index in [0.717, 1.165) is 31.2 Å². The van der Waals surface area contributed by atoms with Crippen LogP contribution in [0.3, 0.4) is 0 Å². The number of hydrogen-bond acceptors (Lipinski definition) is 2. The molecule has 0 aliphatic carbocycles. The van der Waals surface area contributed by atoms with Gasteiger partial charge in [0.25, 0.3) is 0 Å². The minimum atomic E-state index is 0.320. The third-order valence-corrected chi connectivity index (χ3v) is 3.69. The molecule has 0 bridgehead atoms.